The van der Waals surface area contributed by atoms with Gasteiger partial charge in [-0.2, -0.15) is 0 Å². The summed E-state index contributed by atoms with van der Waals surface area (Å²) in [4.78, 5) is 24.4. The third-order valence-corrected chi connectivity index (χ3v) is 4.33. The largest absolute Gasteiger partial charge is 0.345 e. The van der Waals surface area contributed by atoms with Crippen LogP contribution in [-0.4, -0.2) is 57.9 Å². The topological polar surface area (TPSA) is 52.2 Å². The van der Waals surface area contributed by atoms with Crippen molar-refractivity contribution in [2.45, 2.75) is 26.8 Å². The van der Waals surface area contributed by atoms with Gasteiger partial charge < -0.3 is 9.88 Å². The quantitative estimate of drug-likeness (QED) is 0.919. The summed E-state index contributed by atoms with van der Waals surface area (Å²) in [5.41, 5.74) is 3.61. The fourth-order valence-electron chi connectivity index (χ4n) is 2.93. The number of piperazine rings is 1. The smallest absolute Gasteiger partial charge is 0.254 e. The van der Waals surface area contributed by atoms with Gasteiger partial charge in [0.15, 0.2) is 0 Å². The second-order valence-electron chi connectivity index (χ2n) is 6.01. The monoisotopic (exact) mass is 286 g/mol. The number of carbonyl (C=O) groups excluding carboxylic acids is 1. The third kappa shape index (κ3) is 2.65. The minimum atomic E-state index is 0.132. The van der Waals surface area contributed by atoms with E-state index in [4.69, 9.17) is 0 Å². The van der Waals surface area contributed by atoms with E-state index in [1.807, 2.05) is 24.0 Å². The van der Waals surface area contributed by atoms with E-state index in [9.17, 15) is 4.79 Å². The molecule has 0 unspecified atom stereocenters. The first-order valence-electron chi connectivity index (χ1n) is 7.53. The highest BCUT2D eigenvalue weighted by Crippen LogP contribution is 2.19. The first kappa shape index (κ1) is 14.1. The van der Waals surface area contributed by atoms with E-state index in [2.05, 4.69) is 28.7 Å². The molecule has 3 rings (SSSR count). The first-order chi connectivity index (χ1) is 10.1. The molecule has 0 bridgehead atoms. The zero-order valence-corrected chi connectivity index (χ0v) is 12.9. The van der Waals surface area contributed by atoms with Gasteiger partial charge in [0.1, 0.15) is 0 Å². The van der Waals surface area contributed by atoms with Crippen molar-refractivity contribution in [2.24, 2.45) is 0 Å². The Balaban J connectivity index is 1.79. The Labute approximate surface area is 125 Å². The van der Waals surface area contributed by atoms with Gasteiger partial charge in [-0.05, 0) is 38.5 Å². The Morgan fingerprint density at radius 1 is 1.24 bits per heavy atom. The fraction of sp³-hybridized carbons (Fsp3) is 0.500. The van der Waals surface area contributed by atoms with Crippen LogP contribution in [0, 0.1) is 6.92 Å². The summed E-state index contributed by atoms with van der Waals surface area (Å²) >= 11 is 0. The normalized spacial score (nSPS) is 16.9. The lowest BCUT2D eigenvalue weighted by Crippen LogP contribution is -2.50. The molecule has 112 valence electrons. The molecule has 2 heterocycles. The van der Waals surface area contributed by atoms with E-state index in [-0.39, 0.29) is 5.91 Å². The SMILES string of the molecule is Cc1cc2nc[nH]c2cc1C(=O)N1CCN(C(C)C)CC1. The Bertz CT molecular complexity index is 653. The average Bonchev–Trinajstić information content (AvgIpc) is 2.93. The highest BCUT2D eigenvalue weighted by molar-refractivity contribution is 5.99. The molecule has 0 aliphatic carbocycles. The van der Waals surface area contributed by atoms with E-state index < -0.39 is 0 Å². The van der Waals surface area contributed by atoms with E-state index in [1.165, 1.54) is 0 Å². The number of benzene rings is 1. The van der Waals surface area contributed by atoms with Crippen molar-refractivity contribution in [3.8, 4) is 0 Å². The molecule has 1 aliphatic rings. The molecule has 1 saturated heterocycles. The number of hydrogen-bond donors (Lipinski definition) is 1. The maximum absolute atomic E-state index is 12.7. The lowest BCUT2D eigenvalue weighted by molar-refractivity contribution is 0.0595. The number of aromatic amines is 1. The number of fused-ring (bicyclic) bond motifs is 1. The number of amides is 1. The second kappa shape index (κ2) is 5.48. The summed E-state index contributed by atoms with van der Waals surface area (Å²) in [6.07, 6.45) is 1.67. The minimum absolute atomic E-state index is 0.132. The van der Waals surface area contributed by atoms with Crippen molar-refractivity contribution >= 4 is 16.9 Å². The maximum atomic E-state index is 12.7. The molecule has 5 heteroatoms. The van der Waals surface area contributed by atoms with Crippen LogP contribution >= 0.6 is 0 Å². The number of carbonyl (C=O) groups is 1. The zero-order valence-electron chi connectivity index (χ0n) is 12.9. The van der Waals surface area contributed by atoms with Crippen molar-refractivity contribution < 1.29 is 4.79 Å². The lowest BCUT2D eigenvalue weighted by atomic mass is 10.1. The van der Waals surface area contributed by atoms with Crippen LogP contribution < -0.4 is 0 Å². The van der Waals surface area contributed by atoms with E-state index in [1.54, 1.807) is 6.33 Å². The predicted octanol–water partition coefficient (Wildman–Crippen LogP) is 2.04. The molecule has 2 aromatic rings. The van der Waals surface area contributed by atoms with Crippen LogP contribution in [0.25, 0.3) is 11.0 Å². The number of nitrogens with zero attached hydrogens (tertiary/aromatic N) is 3. The molecular weight excluding hydrogens is 264 g/mol. The number of imidazole rings is 1. The number of nitrogens with one attached hydrogen (secondary N) is 1. The van der Waals surface area contributed by atoms with E-state index in [0.29, 0.717) is 6.04 Å². The molecule has 1 fully saturated rings. The number of rotatable bonds is 2. The minimum Gasteiger partial charge on any atom is -0.345 e. The number of aryl methyl sites for hydroxylation is 1. The van der Waals surface area contributed by atoms with Gasteiger partial charge in [0, 0.05) is 37.8 Å². The molecule has 5 nitrogen and oxygen atoms in total. The van der Waals surface area contributed by atoms with Gasteiger partial charge in [-0.3, -0.25) is 9.69 Å². The first-order valence-corrected chi connectivity index (χ1v) is 7.53. The predicted molar refractivity (Wildman–Crippen MR) is 83.4 cm³/mol. The van der Waals surface area contributed by atoms with Crippen LogP contribution in [0.2, 0.25) is 0 Å². The van der Waals surface area contributed by atoms with Gasteiger partial charge in [-0.1, -0.05) is 0 Å². The molecule has 1 aliphatic heterocycles. The lowest BCUT2D eigenvalue weighted by Gasteiger charge is -2.37. The standard InChI is InChI=1S/C16H22N4O/c1-11(2)19-4-6-20(7-5-19)16(21)13-9-15-14(8-12(13)3)17-10-18-15/h8-11H,4-7H2,1-3H3,(H,17,18). The molecule has 0 spiro atoms. The Morgan fingerprint density at radius 3 is 2.62 bits per heavy atom. The van der Waals surface area contributed by atoms with Crippen LogP contribution in [0.15, 0.2) is 18.5 Å². The van der Waals surface area contributed by atoms with Gasteiger partial charge in [0.05, 0.1) is 17.4 Å². The van der Waals surface area contributed by atoms with Crippen LogP contribution in [0.5, 0.6) is 0 Å². The molecular formula is C16H22N4O. The van der Waals surface area contributed by atoms with Crippen molar-refractivity contribution in [1.29, 1.82) is 0 Å². The molecule has 0 atom stereocenters. The highest BCUT2D eigenvalue weighted by atomic mass is 16.2. The molecule has 0 radical (unpaired) electrons. The van der Waals surface area contributed by atoms with Crippen LogP contribution in [0.4, 0.5) is 0 Å². The summed E-state index contributed by atoms with van der Waals surface area (Å²) in [6, 6.07) is 4.45. The summed E-state index contributed by atoms with van der Waals surface area (Å²) in [7, 11) is 0. The molecule has 21 heavy (non-hydrogen) atoms. The van der Waals surface area contributed by atoms with Crippen LogP contribution in [0.3, 0.4) is 0 Å². The van der Waals surface area contributed by atoms with E-state index >= 15 is 0 Å². The van der Waals surface area contributed by atoms with Crippen molar-refractivity contribution in [3.63, 3.8) is 0 Å². The number of hydrogen-bond acceptors (Lipinski definition) is 3. The summed E-state index contributed by atoms with van der Waals surface area (Å²) in [5.74, 6) is 0.132. The second-order valence-corrected chi connectivity index (χ2v) is 6.01. The van der Waals surface area contributed by atoms with Crippen LogP contribution in [0.1, 0.15) is 29.8 Å². The van der Waals surface area contributed by atoms with Crippen LogP contribution in [-0.2, 0) is 0 Å². The Morgan fingerprint density at radius 2 is 1.95 bits per heavy atom. The third-order valence-electron chi connectivity index (χ3n) is 4.33. The zero-order chi connectivity index (χ0) is 15.0. The summed E-state index contributed by atoms with van der Waals surface area (Å²) < 4.78 is 0. The molecule has 1 N–H and O–H groups in total. The maximum Gasteiger partial charge on any atom is 0.254 e. The van der Waals surface area contributed by atoms with Crippen molar-refractivity contribution in [3.05, 3.63) is 29.6 Å². The summed E-state index contributed by atoms with van der Waals surface area (Å²) in [5, 5.41) is 0. The Kier molecular flexibility index (Phi) is 3.68. The number of H-pyrrole nitrogens is 1. The van der Waals surface area contributed by atoms with Gasteiger partial charge >= 0.3 is 0 Å². The van der Waals surface area contributed by atoms with Crippen molar-refractivity contribution in [2.75, 3.05) is 26.2 Å². The van der Waals surface area contributed by atoms with Crippen molar-refractivity contribution in [1.82, 2.24) is 19.8 Å². The molecule has 1 aromatic heterocycles. The molecule has 0 saturated carbocycles. The Hall–Kier alpha value is -1.88. The molecule has 1 amide bonds. The summed E-state index contributed by atoms with van der Waals surface area (Å²) in [6.45, 7) is 9.89. The van der Waals surface area contributed by atoms with Gasteiger partial charge in [-0.15, -0.1) is 0 Å². The average molecular weight is 286 g/mol. The van der Waals surface area contributed by atoms with Gasteiger partial charge in [0.25, 0.3) is 5.91 Å². The van der Waals surface area contributed by atoms with Gasteiger partial charge in [0.2, 0.25) is 0 Å². The fourth-order valence-corrected chi connectivity index (χ4v) is 2.93. The molecule has 1 aromatic carbocycles. The van der Waals surface area contributed by atoms with Gasteiger partial charge in [-0.25, -0.2) is 4.98 Å². The highest BCUT2D eigenvalue weighted by Gasteiger charge is 2.24. The number of aromatic nitrogens is 2. The van der Waals surface area contributed by atoms with E-state index in [0.717, 1.165) is 48.3 Å².